The van der Waals surface area contributed by atoms with Gasteiger partial charge in [0, 0.05) is 21.7 Å². The van der Waals surface area contributed by atoms with Crippen LogP contribution in [0, 0.1) is 13.8 Å². The topological polar surface area (TPSA) is 82.4 Å². The Balaban J connectivity index is 1.66. The van der Waals surface area contributed by atoms with Gasteiger partial charge < -0.3 is 14.8 Å². The fraction of sp³-hybridized carbons (Fsp3) is 0.121. The molecule has 0 atom stereocenters. The predicted molar refractivity (Wildman–Crippen MR) is 161 cm³/mol. The minimum atomic E-state index is -0.515. The van der Waals surface area contributed by atoms with Gasteiger partial charge in [-0.25, -0.2) is 9.48 Å². The second-order valence-electron chi connectivity index (χ2n) is 9.45. The van der Waals surface area contributed by atoms with Gasteiger partial charge in [0.25, 0.3) is 0 Å². The smallest absolute Gasteiger partial charge is 0.340 e. The van der Waals surface area contributed by atoms with Crippen molar-refractivity contribution in [3.05, 3.63) is 124 Å². The molecule has 0 aliphatic rings. The summed E-state index contributed by atoms with van der Waals surface area (Å²) in [6.07, 6.45) is 0. The van der Waals surface area contributed by atoms with E-state index in [9.17, 15) is 9.59 Å². The Kier molecular flexibility index (Phi) is 7.90. The van der Waals surface area contributed by atoms with E-state index in [2.05, 4.69) is 5.32 Å². The van der Waals surface area contributed by atoms with Crippen LogP contribution in [0.2, 0.25) is 5.02 Å². The van der Waals surface area contributed by atoms with E-state index in [4.69, 9.17) is 26.2 Å². The zero-order valence-corrected chi connectivity index (χ0v) is 23.8. The van der Waals surface area contributed by atoms with E-state index in [0.29, 0.717) is 39.0 Å². The van der Waals surface area contributed by atoms with Crippen LogP contribution in [-0.2, 0) is 4.74 Å². The molecule has 1 heterocycles. The van der Waals surface area contributed by atoms with Gasteiger partial charge in [-0.1, -0.05) is 72.3 Å². The minimum Gasteiger partial charge on any atom is -0.497 e. The van der Waals surface area contributed by atoms with Crippen molar-refractivity contribution in [2.75, 3.05) is 19.5 Å². The number of rotatable bonds is 8. The zero-order chi connectivity index (χ0) is 29.1. The number of halogens is 1. The Morgan fingerprint density at radius 3 is 2.24 bits per heavy atom. The Morgan fingerprint density at radius 1 is 0.854 bits per heavy atom. The maximum absolute atomic E-state index is 13.0. The quantitative estimate of drug-likeness (QED) is 0.154. The SMILES string of the molecule is COC(=O)c1cc(OC)ccc1Nc1c(-c2ccc(C(=O)c3ccccc3)cc2)c(C)nn1-c1cc(Cl)ccc1C. The molecule has 41 heavy (non-hydrogen) atoms. The molecule has 0 unspecified atom stereocenters. The lowest BCUT2D eigenvalue weighted by molar-refractivity contribution is 0.0601. The summed E-state index contributed by atoms with van der Waals surface area (Å²) in [7, 11) is 2.87. The third-order valence-corrected chi connectivity index (χ3v) is 7.05. The van der Waals surface area contributed by atoms with E-state index in [-0.39, 0.29) is 5.78 Å². The van der Waals surface area contributed by atoms with E-state index < -0.39 is 5.97 Å². The number of methoxy groups -OCH3 is 2. The van der Waals surface area contributed by atoms with Crippen LogP contribution in [-0.4, -0.2) is 35.8 Å². The average Bonchev–Trinajstić information content (AvgIpc) is 3.33. The van der Waals surface area contributed by atoms with Gasteiger partial charge in [-0.15, -0.1) is 0 Å². The van der Waals surface area contributed by atoms with Crippen LogP contribution in [0.3, 0.4) is 0 Å². The molecule has 5 rings (SSSR count). The molecule has 0 saturated heterocycles. The first kappa shape index (κ1) is 27.7. The molecule has 0 aliphatic heterocycles. The second-order valence-corrected chi connectivity index (χ2v) is 9.89. The van der Waals surface area contributed by atoms with Gasteiger partial charge >= 0.3 is 5.97 Å². The van der Waals surface area contributed by atoms with Gasteiger partial charge in [-0.05, 0) is 55.3 Å². The van der Waals surface area contributed by atoms with E-state index in [1.54, 1.807) is 35.0 Å². The Morgan fingerprint density at radius 2 is 1.56 bits per heavy atom. The summed E-state index contributed by atoms with van der Waals surface area (Å²) in [6, 6.07) is 27.3. The van der Waals surface area contributed by atoms with Gasteiger partial charge in [0.2, 0.25) is 0 Å². The monoisotopic (exact) mass is 565 g/mol. The molecule has 0 spiro atoms. The summed E-state index contributed by atoms with van der Waals surface area (Å²) in [4.78, 5) is 25.7. The molecule has 0 radical (unpaired) electrons. The number of ether oxygens (including phenoxy) is 2. The first-order valence-corrected chi connectivity index (χ1v) is 13.3. The number of hydrogen-bond donors (Lipinski definition) is 1. The van der Waals surface area contributed by atoms with Crippen LogP contribution in [0.15, 0.2) is 91.0 Å². The Hall–Kier alpha value is -4.88. The normalized spacial score (nSPS) is 10.8. The van der Waals surface area contributed by atoms with Gasteiger partial charge in [0.15, 0.2) is 5.78 Å². The largest absolute Gasteiger partial charge is 0.497 e. The standard InChI is InChI=1S/C33H28ClN3O4/c1-20-10-15-25(34)18-29(20)37-32(35-28-17-16-26(40-3)19-27(28)33(39)41-4)30(21(2)36-37)22-11-13-24(14-12-22)31(38)23-8-6-5-7-9-23/h5-19,35H,1-4H3. The van der Waals surface area contributed by atoms with E-state index in [1.807, 2.05) is 74.5 Å². The first-order valence-electron chi connectivity index (χ1n) is 12.9. The molecule has 0 fully saturated rings. The van der Waals surface area contributed by atoms with Crippen molar-refractivity contribution in [2.45, 2.75) is 13.8 Å². The number of carbonyl (C=O) groups excluding carboxylic acids is 2. The van der Waals surface area contributed by atoms with Crippen molar-refractivity contribution in [2.24, 2.45) is 0 Å². The van der Waals surface area contributed by atoms with Crippen molar-refractivity contribution < 1.29 is 19.1 Å². The van der Waals surface area contributed by atoms with Crippen molar-refractivity contribution in [3.63, 3.8) is 0 Å². The Bertz CT molecular complexity index is 1750. The summed E-state index contributed by atoms with van der Waals surface area (Å²) < 4.78 is 12.2. The molecule has 1 N–H and O–H groups in total. The summed E-state index contributed by atoms with van der Waals surface area (Å²) >= 11 is 6.39. The van der Waals surface area contributed by atoms with Crippen molar-refractivity contribution >= 4 is 34.9 Å². The molecule has 206 valence electrons. The lowest BCUT2D eigenvalue weighted by Gasteiger charge is -2.17. The highest BCUT2D eigenvalue weighted by Crippen LogP contribution is 2.38. The molecular formula is C33H28ClN3O4. The lowest BCUT2D eigenvalue weighted by atomic mass is 9.99. The number of nitrogens with zero attached hydrogens (tertiary/aromatic N) is 2. The summed E-state index contributed by atoms with van der Waals surface area (Å²) in [5, 5.41) is 8.88. The Labute approximate surface area is 243 Å². The average molecular weight is 566 g/mol. The fourth-order valence-electron chi connectivity index (χ4n) is 4.68. The van der Waals surface area contributed by atoms with Crippen LogP contribution >= 0.6 is 11.6 Å². The van der Waals surface area contributed by atoms with Crippen LogP contribution in [0.25, 0.3) is 16.8 Å². The van der Waals surface area contributed by atoms with Gasteiger partial charge in [-0.2, -0.15) is 5.10 Å². The molecule has 1 aromatic heterocycles. The maximum atomic E-state index is 13.0. The van der Waals surface area contributed by atoms with Crippen LogP contribution in [0.4, 0.5) is 11.5 Å². The molecule has 0 bridgehead atoms. The fourth-order valence-corrected chi connectivity index (χ4v) is 4.85. The number of esters is 1. The third-order valence-electron chi connectivity index (χ3n) is 6.82. The zero-order valence-electron chi connectivity index (χ0n) is 23.1. The van der Waals surface area contributed by atoms with Crippen LogP contribution < -0.4 is 10.1 Å². The van der Waals surface area contributed by atoms with Crippen molar-refractivity contribution in [1.29, 1.82) is 0 Å². The second kappa shape index (κ2) is 11.7. The molecular weight excluding hydrogens is 538 g/mol. The highest BCUT2D eigenvalue weighted by atomic mass is 35.5. The number of carbonyl (C=O) groups is 2. The van der Waals surface area contributed by atoms with E-state index >= 15 is 0 Å². The molecule has 0 aliphatic carbocycles. The molecule has 4 aromatic carbocycles. The molecule has 0 amide bonds. The van der Waals surface area contributed by atoms with Crippen LogP contribution in [0.5, 0.6) is 5.75 Å². The van der Waals surface area contributed by atoms with Crippen LogP contribution in [0.1, 0.15) is 37.5 Å². The molecule has 7 nitrogen and oxygen atoms in total. The first-order chi connectivity index (χ1) is 19.8. The number of anilines is 2. The molecule has 5 aromatic rings. The predicted octanol–water partition coefficient (Wildman–Crippen LogP) is 7.58. The summed E-state index contributed by atoms with van der Waals surface area (Å²) in [5.74, 6) is 0.562. The van der Waals surface area contributed by atoms with E-state index in [1.165, 1.54) is 14.2 Å². The lowest BCUT2D eigenvalue weighted by Crippen LogP contribution is -2.09. The van der Waals surface area contributed by atoms with Gasteiger partial charge in [0.1, 0.15) is 11.6 Å². The summed E-state index contributed by atoms with van der Waals surface area (Å²) in [6.45, 7) is 3.89. The van der Waals surface area contributed by atoms with E-state index in [0.717, 1.165) is 28.1 Å². The third kappa shape index (κ3) is 5.58. The molecule has 8 heteroatoms. The van der Waals surface area contributed by atoms with Crippen molar-refractivity contribution in [1.82, 2.24) is 9.78 Å². The number of benzene rings is 4. The number of hydrogen-bond acceptors (Lipinski definition) is 6. The number of aromatic nitrogens is 2. The highest BCUT2D eigenvalue weighted by Gasteiger charge is 2.23. The molecule has 0 saturated carbocycles. The minimum absolute atomic E-state index is 0.0570. The highest BCUT2D eigenvalue weighted by molar-refractivity contribution is 6.30. The van der Waals surface area contributed by atoms with Gasteiger partial charge in [0.05, 0.1) is 36.9 Å². The van der Waals surface area contributed by atoms with Gasteiger partial charge in [-0.3, -0.25) is 4.79 Å². The number of ketones is 1. The van der Waals surface area contributed by atoms with Crippen molar-refractivity contribution in [3.8, 4) is 22.6 Å². The summed E-state index contributed by atoms with van der Waals surface area (Å²) in [5.41, 5.74) is 6.12. The number of aryl methyl sites for hydroxylation is 2. The number of nitrogens with one attached hydrogen (secondary N) is 1. The maximum Gasteiger partial charge on any atom is 0.340 e.